The molecule has 0 saturated carbocycles. The van der Waals surface area contributed by atoms with Crippen molar-refractivity contribution in [1.29, 1.82) is 0 Å². The Morgan fingerprint density at radius 3 is 2.40 bits per heavy atom. The van der Waals surface area contributed by atoms with Gasteiger partial charge in [0.15, 0.2) is 0 Å². The zero-order valence-electron chi connectivity index (χ0n) is 12.9. The first kappa shape index (κ1) is 16.7. The van der Waals surface area contributed by atoms with Crippen LogP contribution < -0.4 is 0 Å². The van der Waals surface area contributed by atoms with Crippen LogP contribution in [0.5, 0.6) is 0 Å². The fourth-order valence-corrected chi connectivity index (χ4v) is 2.36. The molecule has 0 bridgehead atoms. The van der Waals surface area contributed by atoms with Gasteiger partial charge in [0.25, 0.3) is 0 Å². The third-order valence-electron chi connectivity index (χ3n) is 3.93. The van der Waals surface area contributed by atoms with E-state index in [2.05, 4.69) is 25.7 Å². The molecule has 2 unspecified atom stereocenters. The molecule has 0 aromatic heterocycles. The van der Waals surface area contributed by atoms with Crippen LogP contribution in [0.2, 0.25) is 0 Å². The van der Waals surface area contributed by atoms with Crippen LogP contribution in [-0.2, 0) is 4.79 Å². The molecule has 0 aliphatic heterocycles. The molecule has 1 aromatic carbocycles. The lowest BCUT2D eigenvalue weighted by atomic mass is 9.97. The van der Waals surface area contributed by atoms with E-state index in [0.717, 1.165) is 31.4 Å². The molecule has 20 heavy (non-hydrogen) atoms. The predicted molar refractivity (Wildman–Crippen MR) is 83.1 cm³/mol. The van der Waals surface area contributed by atoms with Crippen molar-refractivity contribution in [2.24, 2.45) is 0 Å². The Labute approximate surface area is 122 Å². The first-order valence-electron chi connectivity index (χ1n) is 7.61. The van der Waals surface area contributed by atoms with E-state index in [4.69, 9.17) is 0 Å². The van der Waals surface area contributed by atoms with Gasteiger partial charge in [-0.3, -0.25) is 9.69 Å². The Morgan fingerprint density at radius 1 is 1.25 bits per heavy atom. The second-order valence-electron chi connectivity index (χ2n) is 5.41. The molecule has 0 aliphatic rings. The molecular weight excluding hydrogens is 250 g/mol. The fraction of sp³-hybridized carbons (Fsp3) is 0.588. The monoisotopic (exact) mass is 277 g/mol. The Balaban J connectivity index is 2.83. The number of hydrogen-bond donors (Lipinski definition) is 1. The number of carboxylic acids is 1. The number of nitrogens with zero attached hydrogens (tertiary/aromatic N) is 1. The van der Waals surface area contributed by atoms with Gasteiger partial charge in [0.1, 0.15) is 0 Å². The van der Waals surface area contributed by atoms with Gasteiger partial charge < -0.3 is 5.11 Å². The van der Waals surface area contributed by atoms with Gasteiger partial charge in [-0.25, -0.2) is 0 Å². The van der Waals surface area contributed by atoms with E-state index in [1.54, 1.807) is 0 Å². The first-order chi connectivity index (χ1) is 9.60. The highest BCUT2D eigenvalue weighted by atomic mass is 16.4. The van der Waals surface area contributed by atoms with E-state index in [-0.39, 0.29) is 0 Å². The number of benzene rings is 1. The quantitative estimate of drug-likeness (QED) is 0.747. The molecule has 0 fully saturated rings. The van der Waals surface area contributed by atoms with Gasteiger partial charge in [0.2, 0.25) is 0 Å². The normalized spacial score (nSPS) is 14.2. The molecule has 0 heterocycles. The zero-order chi connectivity index (χ0) is 15.0. The van der Waals surface area contributed by atoms with Gasteiger partial charge in [-0.15, -0.1) is 0 Å². The average Bonchev–Trinajstić information content (AvgIpc) is 2.47. The summed E-state index contributed by atoms with van der Waals surface area (Å²) in [7, 11) is 0. The number of carboxylic acid groups (broad SMARTS) is 1. The maximum atomic E-state index is 11.6. The molecule has 0 aliphatic carbocycles. The summed E-state index contributed by atoms with van der Waals surface area (Å²) in [5.74, 6) is -1.18. The van der Waals surface area contributed by atoms with Gasteiger partial charge in [0, 0.05) is 12.6 Å². The molecule has 0 saturated heterocycles. The van der Waals surface area contributed by atoms with Crippen LogP contribution in [0.15, 0.2) is 30.3 Å². The molecule has 1 N–H and O–H groups in total. The number of hydrogen-bond acceptors (Lipinski definition) is 2. The van der Waals surface area contributed by atoms with Crippen molar-refractivity contribution in [2.75, 3.05) is 13.1 Å². The molecule has 0 spiro atoms. The minimum atomic E-state index is -0.735. The summed E-state index contributed by atoms with van der Waals surface area (Å²) >= 11 is 0. The van der Waals surface area contributed by atoms with E-state index < -0.39 is 11.9 Å². The van der Waals surface area contributed by atoms with Crippen molar-refractivity contribution in [1.82, 2.24) is 4.90 Å². The van der Waals surface area contributed by atoms with Gasteiger partial charge in [-0.2, -0.15) is 0 Å². The van der Waals surface area contributed by atoms with E-state index in [1.165, 1.54) is 0 Å². The topological polar surface area (TPSA) is 40.5 Å². The molecule has 3 nitrogen and oxygen atoms in total. The zero-order valence-corrected chi connectivity index (χ0v) is 12.9. The van der Waals surface area contributed by atoms with Gasteiger partial charge in [-0.05, 0) is 31.9 Å². The van der Waals surface area contributed by atoms with Crippen LogP contribution in [-0.4, -0.2) is 35.1 Å². The van der Waals surface area contributed by atoms with Crippen molar-refractivity contribution in [3.05, 3.63) is 35.9 Å². The van der Waals surface area contributed by atoms with Gasteiger partial charge >= 0.3 is 5.97 Å². The summed E-state index contributed by atoms with van der Waals surface area (Å²) in [6, 6.07) is 9.98. The van der Waals surface area contributed by atoms with Crippen molar-refractivity contribution in [2.45, 2.75) is 52.0 Å². The average molecular weight is 277 g/mol. The van der Waals surface area contributed by atoms with Gasteiger partial charge in [0.05, 0.1) is 5.92 Å². The van der Waals surface area contributed by atoms with Crippen molar-refractivity contribution >= 4 is 5.97 Å². The summed E-state index contributed by atoms with van der Waals surface area (Å²) in [6.07, 6.45) is 3.30. The molecule has 0 amide bonds. The summed E-state index contributed by atoms with van der Waals surface area (Å²) in [5.41, 5.74) is 0.893. The molecule has 3 heteroatoms. The predicted octanol–water partition coefficient (Wildman–Crippen LogP) is 3.76. The van der Waals surface area contributed by atoms with E-state index >= 15 is 0 Å². The SMILES string of the molecule is CCCCN(CC(C(=O)O)c1ccccc1)C(C)CC. The van der Waals surface area contributed by atoms with Crippen molar-refractivity contribution in [3.8, 4) is 0 Å². The third kappa shape index (κ3) is 4.97. The van der Waals surface area contributed by atoms with Crippen LogP contribution in [0, 0.1) is 0 Å². The maximum Gasteiger partial charge on any atom is 0.312 e. The number of carbonyl (C=O) groups is 1. The molecule has 112 valence electrons. The number of unbranched alkanes of at least 4 members (excludes halogenated alkanes) is 1. The summed E-state index contributed by atoms with van der Waals surface area (Å²) in [6.45, 7) is 8.07. The van der Waals surface area contributed by atoms with E-state index in [9.17, 15) is 9.90 Å². The Bertz CT molecular complexity index is 391. The maximum absolute atomic E-state index is 11.6. The highest BCUT2D eigenvalue weighted by molar-refractivity contribution is 5.76. The Kier molecular flexibility index (Phi) is 7.31. The van der Waals surface area contributed by atoms with Crippen LogP contribution in [0.4, 0.5) is 0 Å². The number of aliphatic carboxylic acids is 1. The highest BCUT2D eigenvalue weighted by Crippen LogP contribution is 2.19. The molecule has 1 aromatic rings. The summed E-state index contributed by atoms with van der Waals surface area (Å²) < 4.78 is 0. The second-order valence-corrected chi connectivity index (χ2v) is 5.41. The molecule has 0 radical (unpaired) electrons. The molecule has 2 atom stereocenters. The van der Waals surface area contributed by atoms with Crippen LogP contribution >= 0.6 is 0 Å². The first-order valence-corrected chi connectivity index (χ1v) is 7.61. The summed E-state index contributed by atoms with van der Waals surface area (Å²) in [5, 5.41) is 9.53. The lowest BCUT2D eigenvalue weighted by molar-refractivity contribution is -0.139. The Morgan fingerprint density at radius 2 is 1.90 bits per heavy atom. The van der Waals surface area contributed by atoms with Crippen molar-refractivity contribution in [3.63, 3.8) is 0 Å². The summed E-state index contributed by atoms with van der Waals surface area (Å²) in [4.78, 5) is 13.9. The lowest BCUT2D eigenvalue weighted by Crippen LogP contribution is -2.38. The van der Waals surface area contributed by atoms with Crippen LogP contribution in [0.3, 0.4) is 0 Å². The third-order valence-corrected chi connectivity index (χ3v) is 3.93. The van der Waals surface area contributed by atoms with E-state index in [0.29, 0.717) is 12.6 Å². The fourth-order valence-electron chi connectivity index (χ4n) is 2.36. The van der Waals surface area contributed by atoms with Gasteiger partial charge in [-0.1, -0.05) is 50.6 Å². The standard InChI is InChI=1S/C17H27NO2/c1-4-6-12-18(14(3)5-2)13-16(17(19)20)15-10-8-7-9-11-15/h7-11,14,16H,4-6,12-13H2,1-3H3,(H,19,20). The largest absolute Gasteiger partial charge is 0.481 e. The van der Waals surface area contributed by atoms with E-state index in [1.807, 2.05) is 30.3 Å². The smallest absolute Gasteiger partial charge is 0.312 e. The minimum Gasteiger partial charge on any atom is -0.481 e. The van der Waals surface area contributed by atoms with Crippen molar-refractivity contribution < 1.29 is 9.90 Å². The van der Waals surface area contributed by atoms with Crippen LogP contribution in [0.25, 0.3) is 0 Å². The lowest BCUT2D eigenvalue weighted by Gasteiger charge is -2.31. The molecular formula is C17H27NO2. The Hall–Kier alpha value is -1.35. The minimum absolute atomic E-state index is 0.423. The highest BCUT2D eigenvalue weighted by Gasteiger charge is 2.24. The molecule has 1 rings (SSSR count). The van der Waals surface area contributed by atoms with Crippen LogP contribution in [0.1, 0.15) is 51.5 Å². The second kappa shape index (κ2) is 8.75. The number of rotatable bonds is 9.